The maximum Gasteiger partial charge on any atom is 0.253 e. The van der Waals surface area contributed by atoms with Crippen LogP contribution in [-0.4, -0.2) is 40.6 Å². The Balaban J connectivity index is 1.30. The van der Waals surface area contributed by atoms with Crippen LogP contribution in [0.1, 0.15) is 33.9 Å². The van der Waals surface area contributed by atoms with Crippen molar-refractivity contribution in [2.75, 3.05) is 25.2 Å². The summed E-state index contributed by atoms with van der Waals surface area (Å²) in [5.41, 5.74) is 4.42. The van der Waals surface area contributed by atoms with Gasteiger partial charge >= 0.3 is 0 Å². The van der Waals surface area contributed by atoms with Crippen LogP contribution in [0.25, 0.3) is 15.9 Å². The summed E-state index contributed by atoms with van der Waals surface area (Å²) >= 11 is 1.62. The van der Waals surface area contributed by atoms with Crippen molar-refractivity contribution in [3.63, 3.8) is 0 Å². The number of benzene rings is 2. The van der Waals surface area contributed by atoms with Crippen LogP contribution in [0.2, 0.25) is 0 Å². The normalized spacial score (nSPS) is 16.7. The van der Waals surface area contributed by atoms with E-state index in [1.165, 1.54) is 0 Å². The van der Waals surface area contributed by atoms with E-state index in [-0.39, 0.29) is 11.4 Å². The molecule has 0 unspecified atom stereocenters. The fourth-order valence-corrected chi connectivity index (χ4v) is 6.15. The molecule has 1 spiro atoms. The zero-order chi connectivity index (χ0) is 22.7. The minimum Gasteiger partial charge on any atom is -0.497 e. The number of hydrogen-bond acceptors (Lipinski definition) is 6. The lowest BCUT2D eigenvalue weighted by atomic mass is 9.81. The first-order valence-corrected chi connectivity index (χ1v) is 11.9. The average Bonchev–Trinajstić information content (AvgIpc) is 3.48. The van der Waals surface area contributed by atoms with Crippen molar-refractivity contribution in [1.82, 2.24) is 14.5 Å². The Kier molecular flexibility index (Phi) is 4.50. The number of aromatic nitrogens is 2. The van der Waals surface area contributed by atoms with Crippen LogP contribution in [0.4, 0.5) is 5.69 Å². The number of aryl methyl sites for hydroxylation is 1. The number of carbonyl (C=O) groups is 1. The molecule has 6 rings (SSSR count). The molecule has 4 heterocycles. The van der Waals surface area contributed by atoms with Gasteiger partial charge in [-0.2, -0.15) is 0 Å². The lowest BCUT2D eigenvalue weighted by molar-refractivity contribution is 0.0655. The molecule has 2 aliphatic heterocycles. The van der Waals surface area contributed by atoms with Crippen LogP contribution >= 0.6 is 11.3 Å². The lowest BCUT2D eigenvalue weighted by Crippen LogP contribution is -2.59. The van der Waals surface area contributed by atoms with E-state index in [0.717, 1.165) is 50.9 Å². The molecule has 168 valence electrons. The maximum atomic E-state index is 13.3. The molecule has 4 aromatic rings. The predicted octanol–water partition coefficient (Wildman–Crippen LogP) is 4.23. The van der Waals surface area contributed by atoms with Crippen LogP contribution in [0.3, 0.4) is 0 Å². The van der Waals surface area contributed by atoms with E-state index >= 15 is 0 Å². The third-order valence-electron chi connectivity index (χ3n) is 7.01. The molecular weight excluding hydrogens is 434 g/mol. The molecule has 2 aliphatic rings. The minimum absolute atomic E-state index is 0.0645. The Morgan fingerprint density at radius 3 is 2.73 bits per heavy atom. The van der Waals surface area contributed by atoms with E-state index in [9.17, 15) is 4.79 Å². The van der Waals surface area contributed by atoms with Gasteiger partial charge in [0.25, 0.3) is 5.91 Å². The van der Waals surface area contributed by atoms with Gasteiger partial charge in [0.15, 0.2) is 0 Å². The molecule has 33 heavy (non-hydrogen) atoms. The molecule has 1 amide bonds. The molecule has 0 saturated carbocycles. The fourth-order valence-electron chi connectivity index (χ4n) is 5.28. The summed E-state index contributed by atoms with van der Waals surface area (Å²) in [6, 6.07) is 16.0. The van der Waals surface area contributed by atoms with Gasteiger partial charge in [-0.15, -0.1) is 11.3 Å². The van der Waals surface area contributed by atoms with Crippen LogP contribution in [0.5, 0.6) is 5.75 Å². The predicted molar refractivity (Wildman–Crippen MR) is 130 cm³/mol. The smallest absolute Gasteiger partial charge is 0.253 e. The van der Waals surface area contributed by atoms with Gasteiger partial charge in [-0.25, -0.2) is 10.8 Å². The van der Waals surface area contributed by atoms with Crippen LogP contribution < -0.4 is 15.6 Å². The first-order valence-electron chi connectivity index (χ1n) is 11.1. The van der Waals surface area contributed by atoms with Crippen molar-refractivity contribution in [3.8, 4) is 11.4 Å². The second-order valence-electron chi connectivity index (χ2n) is 8.73. The zero-order valence-corrected chi connectivity index (χ0v) is 19.4. The van der Waals surface area contributed by atoms with Crippen LogP contribution in [-0.2, 0) is 5.54 Å². The van der Waals surface area contributed by atoms with Crippen molar-refractivity contribution in [2.45, 2.75) is 25.3 Å². The van der Waals surface area contributed by atoms with Gasteiger partial charge < -0.3 is 14.2 Å². The van der Waals surface area contributed by atoms with E-state index in [0.29, 0.717) is 18.7 Å². The number of fused-ring (bicyclic) bond motifs is 5. The summed E-state index contributed by atoms with van der Waals surface area (Å²) in [4.78, 5) is 19.8. The Morgan fingerprint density at radius 1 is 1.12 bits per heavy atom. The highest BCUT2D eigenvalue weighted by Gasteiger charge is 2.47. The Hall–Kier alpha value is -3.36. The van der Waals surface area contributed by atoms with Gasteiger partial charge in [-0.05, 0) is 62.2 Å². The summed E-state index contributed by atoms with van der Waals surface area (Å²) < 4.78 is 8.72. The minimum atomic E-state index is -0.377. The third-order valence-corrected chi connectivity index (χ3v) is 7.94. The second-order valence-corrected chi connectivity index (χ2v) is 9.96. The van der Waals surface area contributed by atoms with E-state index in [4.69, 9.17) is 10.6 Å². The van der Waals surface area contributed by atoms with E-state index in [1.54, 1.807) is 18.4 Å². The number of thiazole rings is 1. The second kappa shape index (κ2) is 7.33. The number of hydrazine groups is 1. The van der Waals surface area contributed by atoms with Crippen molar-refractivity contribution >= 4 is 33.1 Å². The molecule has 0 bridgehead atoms. The molecule has 2 aromatic heterocycles. The van der Waals surface area contributed by atoms with Gasteiger partial charge in [0, 0.05) is 30.9 Å². The van der Waals surface area contributed by atoms with Gasteiger partial charge in [0.1, 0.15) is 5.75 Å². The molecule has 0 aliphatic carbocycles. The number of piperidine rings is 1. The Bertz CT molecular complexity index is 1380. The van der Waals surface area contributed by atoms with Crippen molar-refractivity contribution < 1.29 is 9.53 Å². The van der Waals surface area contributed by atoms with Crippen molar-refractivity contribution in [2.24, 2.45) is 5.84 Å². The highest BCUT2D eigenvalue weighted by atomic mass is 32.1. The number of hydrogen-bond donors (Lipinski definition) is 1. The maximum absolute atomic E-state index is 13.3. The zero-order valence-electron chi connectivity index (χ0n) is 18.6. The summed E-state index contributed by atoms with van der Waals surface area (Å²) in [6.45, 7) is 3.26. The van der Waals surface area contributed by atoms with Gasteiger partial charge in [-0.1, -0.05) is 0 Å². The molecule has 2 aromatic carbocycles. The van der Waals surface area contributed by atoms with Gasteiger partial charge in [0.2, 0.25) is 0 Å². The van der Waals surface area contributed by atoms with Gasteiger partial charge in [-0.3, -0.25) is 9.80 Å². The summed E-state index contributed by atoms with van der Waals surface area (Å²) in [5, 5.41) is 2.91. The molecule has 2 N–H and O–H groups in total. The molecule has 0 radical (unpaired) electrons. The topological polar surface area (TPSA) is 76.6 Å². The lowest BCUT2D eigenvalue weighted by Gasteiger charge is -2.51. The summed E-state index contributed by atoms with van der Waals surface area (Å²) in [5.74, 6) is 7.65. The summed E-state index contributed by atoms with van der Waals surface area (Å²) in [7, 11) is 1.66. The first kappa shape index (κ1) is 20.3. The monoisotopic (exact) mass is 459 g/mol. The standard InChI is InChI=1S/C25H25N5O2S/c1-16-27-19-7-5-17(14-22(19)33-16)24(31)28-12-9-25(10-13-28)23-4-3-11-29(23)20-8-6-18(32-2)15-21(20)30(25)26/h3-8,11,14-15H,9-10,12-13,26H2,1-2H3. The third kappa shape index (κ3) is 2.98. The van der Waals surface area contributed by atoms with Crippen molar-refractivity contribution in [1.29, 1.82) is 0 Å². The molecule has 0 atom stereocenters. The number of nitrogens with zero attached hydrogens (tertiary/aromatic N) is 4. The molecule has 7 nitrogen and oxygen atoms in total. The van der Waals surface area contributed by atoms with E-state index < -0.39 is 0 Å². The number of rotatable bonds is 2. The molecule has 1 saturated heterocycles. The van der Waals surface area contributed by atoms with Crippen LogP contribution in [0, 0.1) is 6.92 Å². The number of likely N-dealkylation sites (tertiary alicyclic amines) is 1. The number of methoxy groups -OCH3 is 1. The van der Waals surface area contributed by atoms with Gasteiger partial charge in [0.05, 0.1) is 44.9 Å². The SMILES string of the molecule is COc1ccc2c(c1)N(N)C1(CCN(C(=O)c3ccc4nc(C)sc4c3)CC1)c1cccn1-2. The summed E-state index contributed by atoms with van der Waals surface area (Å²) in [6.07, 6.45) is 3.58. The largest absolute Gasteiger partial charge is 0.497 e. The van der Waals surface area contributed by atoms with Crippen molar-refractivity contribution in [3.05, 3.63) is 71.0 Å². The number of nitrogens with two attached hydrogens (primary N) is 1. The number of anilines is 1. The highest BCUT2D eigenvalue weighted by Crippen LogP contribution is 2.47. The average molecular weight is 460 g/mol. The fraction of sp³-hybridized carbons (Fsp3) is 0.280. The van der Waals surface area contributed by atoms with E-state index in [1.807, 2.05) is 53.2 Å². The first-order chi connectivity index (χ1) is 16.0. The molecule has 8 heteroatoms. The Labute approximate surface area is 196 Å². The van der Waals surface area contributed by atoms with Crippen LogP contribution in [0.15, 0.2) is 54.7 Å². The highest BCUT2D eigenvalue weighted by molar-refractivity contribution is 7.18. The number of amides is 1. The quantitative estimate of drug-likeness (QED) is 0.454. The number of carbonyl (C=O) groups excluding carboxylic acids is 1. The van der Waals surface area contributed by atoms with E-state index in [2.05, 4.69) is 27.9 Å². The molecular formula is C25H25N5O2S. The number of ether oxygens (including phenoxy) is 1. The Morgan fingerprint density at radius 2 is 1.94 bits per heavy atom. The molecule has 1 fully saturated rings.